The molecule has 0 atom stereocenters. The van der Waals surface area contributed by atoms with Gasteiger partial charge in [0, 0.05) is 37.6 Å². The summed E-state index contributed by atoms with van der Waals surface area (Å²) < 4.78 is 0. The molecule has 0 saturated carbocycles. The molecule has 1 aliphatic rings. The molecular weight excluding hydrogens is 212 g/mol. The number of hydrogen-bond donors (Lipinski definition) is 1. The Balaban J connectivity index is 2.16. The summed E-state index contributed by atoms with van der Waals surface area (Å²) in [5.74, 6) is 0. The predicted molar refractivity (Wildman–Crippen MR) is 69.9 cm³/mol. The lowest BCUT2D eigenvalue weighted by molar-refractivity contribution is 0.313. The monoisotopic (exact) mass is 230 g/mol. The highest BCUT2D eigenvalue weighted by atomic mass is 15.2. The number of rotatable bonds is 2. The molecule has 1 fully saturated rings. The van der Waals surface area contributed by atoms with E-state index in [0.717, 1.165) is 31.7 Å². The van der Waals surface area contributed by atoms with Crippen LogP contribution in [0.2, 0.25) is 0 Å². The minimum Gasteiger partial charge on any atom is -0.398 e. The second-order valence-electron chi connectivity index (χ2n) is 4.51. The molecule has 0 amide bonds. The van der Waals surface area contributed by atoms with E-state index in [2.05, 4.69) is 22.9 Å². The van der Waals surface area contributed by atoms with Crippen LogP contribution < -0.4 is 10.6 Å². The van der Waals surface area contributed by atoms with E-state index in [1.807, 2.05) is 18.2 Å². The van der Waals surface area contributed by atoms with Gasteiger partial charge in [-0.1, -0.05) is 0 Å². The van der Waals surface area contributed by atoms with E-state index in [1.54, 1.807) is 0 Å². The van der Waals surface area contributed by atoms with Crippen LogP contribution in [-0.4, -0.2) is 38.1 Å². The van der Waals surface area contributed by atoms with Crippen LogP contribution in [0.5, 0.6) is 0 Å². The highest BCUT2D eigenvalue weighted by Crippen LogP contribution is 2.22. The fourth-order valence-electron chi connectivity index (χ4n) is 2.09. The van der Waals surface area contributed by atoms with Gasteiger partial charge in [0.2, 0.25) is 0 Å². The van der Waals surface area contributed by atoms with E-state index in [0.29, 0.717) is 12.1 Å². The summed E-state index contributed by atoms with van der Waals surface area (Å²) in [6, 6.07) is 8.15. The van der Waals surface area contributed by atoms with E-state index in [1.165, 1.54) is 5.69 Å². The third kappa shape index (κ3) is 2.69. The number of hydrogen-bond acceptors (Lipinski definition) is 4. The second-order valence-corrected chi connectivity index (χ2v) is 4.51. The zero-order chi connectivity index (χ0) is 12.3. The Hall–Kier alpha value is -1.73. The summed E-state index contributed by atoms with van der Waals surface area (Å²) in [5, 5.41) is 8.75. The Morgan fingerprint density at radius 3 is 2.65 bits per heavy atom. The molecule has 0 spiro atoms. The Bertz CT molecular complexity index is 428. The maximum absolute atomic E-state index is 8.75. The Labute approximate surface area is 102 Å². The lowest BCUT2D eigenvalue weighted by Crippen LogP contribution is -2.44. The molecular formula is C13H18N4. The average molecular weight is 230 g/mol. The lowest BCUT2D eigenvalue weighted by Gasteiger charge is -2.34. The van der Waals surface area contributed by atoms with E-state index >= 15 is 0 Å². The number of nitrogens with zero attached hydrogens (tertiary/aromatic N) is 3. The summed E-state index contributed by atoms with van der Waals surface area (Å²) in [4.78, 5) is 4.67. The fraction of sp³-hybridized carbons (Fsp3) is 0.462. The summed E-state index contributed by atoms with van der Waals surface area (Å²) in [6.07, 6.45) is 0.382. The first-order valence-corrected chi connectivity index (χ1v) is 5.89. The van der Waals surface area contributed by atoms with Crippen molar-refractivity contribution < 1.29 is 0 Å². The summed E-state index contributed by atoms with van der Waals surface area (Å²) in [7, 11) is 2.14. The third-order valence-electron chi connectivity index (χ3n) is 3.26. The van der Waals surface area contributed by atoms with Gasteiger partial charge in [0.1, 0.15) is 0 Å². The number of likely N-dealkylation sites (N-methyl/N-ethyl adjacent to an activating group) is 1. The number of nitrogens with two attached hydrogens (primary N) is 1. The van der Waals surface area contributed by atoms with Gasteiger partial charge >= 0.3 is 0 Å². The number of benzene rings is 1. The first kappa shape index (κ1) is 11.7. The quantitative estimate of drug-likeness (QED) is 0.773. The van der Waals surface area contributed by atoms with Crippen LogP contribution in [0.15, 0.2) is 18.2 Å². The van der Waals surface area contributed by atoms with Crippen LogP contribution in [0.3, 0.4) is 0 Å². The maximum Gasteiger partial charge on any atom is 0.0670 e. The molecule has 1 aromatic carbocycles. The smallest absolute Gasteiger partial charge is 0.0670 e. The van der Waals surface area contributed by atoms with E-state index in [4.69, 9.17) is 11.0 Å². The standard InChI is InChI=1S/C13H18N4/c1-16-6-8-17(9-7-16)12-2-3-13(15)11(10-12)4-5-14/h2-3,10H,4,6-9,15H2,1H3. The third-order valence-corrected chi connectivity index (χ3v) is 3.26. The average Bonchev–Trinajstić information content (AvgIpc) is 2.33. The molecule has 17 heavy (non-hydrogen) atoms. The second kappa shape index (κ2) is 5.07. The van der Waals surface area contributed by atoms with Crippen LogP contribution >= 0.6 is 0 Å². The zero-order valence-corrected chi connectivity index (χ0v) is 10.2. The van der Waals surface area contributed by atoms with Gasteiger partial charge in [-0.05, 0) is 30.8 Å². The van der Waals surface area contributed by atoms with Gasteiger partial charge in [0.15, 0.2) is 0 Å². The van der Waals surface area contributed by atoms with Gasteiger partial charge in [0.25, 0.3) is 0 Å². The molecule has 0 aromatic heterocycles. The first-order chi connectivity index (χ1) is 8.20. The van der Waals surface area contributed by atoms with Crippen molar-refractivity contribution in [1.82, 2.24) is 4.90 Å². The van der Waals surface area contributed by atoms with Crippen molar-refractivity contribution in [2.45, 2.75) is 6.42 Å². The van der Waals surface area contributed by atoms with Crippen LogP contribution in [0.25, 0.3) is 0 Å². The largest absolute Gasteiger partial charge is 0.398 e. The summed E-state index contributed by atoms with van der Waals surface area (Å²) in [5.41, 5.74) is 8.67. The predicted octanol–water partition coefficient (Wildman–Crippen LogP) is 1.09. The normalized spacial score (nSPS) is 16.8. The van der Waals surface area contributed by atoms with Crippen molar-refractivity contribution >= 4 is 11.4 Å². The molecule has 2 rings (SSSR count). The van der Waals surface area contributed by atoms with Crippen LogP contribution in [0, 0.1) is 11.3 Å². The number of nitriles is 1. The van der Waals surface area contributed by atoms with Crippen molar-refractivity contribution in [3.63, 3.8) is 0 Å². The van der Waals surface area contributed by atoms with Gasteiger partial charge < -0.3 is 15.5 Å². The van der Waals surface area contributed by atoms with Crippen LogP contribution in [0.1, 0.15) is 5.56 Å². The van der Waals surface area contributed by atoms with Gasteiger partial charge in [-0.15, -0.1) is 0 Å². The molecule has 4 nitrogen and oxygen atoms in total. The van der Waals surface area contributed by atoms with Crippen molar-refractivity contribution in [2.24, 2.45) is 0 Å². The molecule has 1 aliphatic heterocycles. The minimum absolute atomic E-state index is 0.382. The molecule has 1 aromatic rings. The van der Waals surface area contributed by atoms with Crippen LogP contribution in [-0.2, 0) is 6.42 Å². The van der Waals surface area contributed by atoms with Crippen LogP contribution in [0.4, 0.5) is 11.4 Å². The lowest BCUT2D eigenvalue weighted by atomic mass is 10.1. The number of nitrogen functional groups attached to an aromatic ring is 1. The molecule has 90 valence electrons. The fourth-order valence-corrected chi connectivity index (χ4v) is 2.09. The zero-order valence-electron chi connectivity index (χ0n) is 10.2. The molecule has 2 N–H and O–H groups in total. The molecule has 0 unspecified atom stereocenters. The SMILES string of the molecule is CN1CCN(c2ccc(N)c(CC#N)c2)CC1. The van der Waals surface area contributed by atoms with Gasteiger partial charge in [-0.25, -0.2) is 0 Å². The van der Waals surface area contributed by atoms with Gasteiger partial charge in [-0.2, -0.15) is 5.26 Å². The molecule has 0 aliphatic carbocycles. The van der Waals surface area contributed by atoms with Crippen molar-refractivity contribution in [2.75, 3.05) is 43.9 Å². The minimum atomic E-state index is 0.382. The number of anilines is 2. The Morgan fingerprint density at radius 2 is 2.00 bits per heavy atom. The molecule has 1 saturated heterocycles. The highest BCUT2D eigenvalue weighted by molar-refractivity contribution is 5.59. The van der Waals surface area contributed by atoms with E-state index in [9.17, 15) is 0 Å². The summed E-state index contributed by atoms with van der Waals surface area (Å²) in [6.45, 7) is 4.23. The Morgan fingerprint density at radius 1 is 1.29 bits per heavy atom. The van der Waals surface area contributed by atoms with E-state index < -0.39 is 0 Å². The first-order valence-electron chi connectivity index (χ1n) is 5.89. The highest BCUT2D eigenvalue weighted by Gasteiger charge is 2.14. The number of piperazine rings is 1. The molecule has 4 heteroatoms. The molecule has 0 radical (unpaired) electrons. The van der Waals surface area contributed by atoms with Crippen molar-refractivity contribution in [1.29, 1.82) is 5.26 Å². The molecule has 1 heterocycles. The summed E-state index contributed by atoms with van der Waals surface area (Å²) >= 11 is 0. The topological polar surface area (TPSA) is 56.3 Å². The van der Waals surface area contributed by atoms with Gasteiger partial charge in [0.05, 0.1) is 12.5 Å². The van der Waals surface area contributed by atoms with Gasteiger partial charge in [-0.3, -0.25) is 0 Å². The van der Waals surface area contributed by atoms with Crippen molar-refractivity contribution in [3.05, 3.63) is 23.8 Å². The van der Waals surface area contributed by atoms with E-state index in [-0.39, 0.29) is 0 Å². The molecule has 0 bridgehead atoms. The van der Waals surface area contributed by atoms with Crippen molar-refractivity contribution in [3.8, 4) is 6.07 Å². The maximum atomic E-state index is 8.75. The Kier molecular flexibility index (Phi) is 3.50.